The Balaban J connectivity index is 1.61. The van der Waals surface area contributed by atoms with Gasteiger partial charge in [0.2, 0.25) is 5.91 Å². The molecule has 2 aliphatic rings. The highest BCUT2D eigenvalue weighted by Gasteiger charge is 2.51. The van der Waals surface area contributed by atoms with Crippen LogP contribution in [0, 0.1) is 12.3 Å². The molecule has 146 valence electrons. The Morgan fingerprint density at radius 2 is 1.89 bits per heavy atom. The van der Waals surface area contributed by atoms with E-state index in [1.54, 1.807) is 6.20 Å². The molecule has 5 heteroatoms. The zero-order valence-corrected chi connectivity index (χ0v) is 16.6. The second kappa shape index (κ2) is 7.38. The molecule has 28 heavy (non-hydrogen) atoms. The summed E-state index contributed by atoms with van der Waals surface area (Å²) in [6, 6.07) is 11.9. The van der Waals surface area contributed by atoms with Crippen molar-refractivity contribution in [2.75, 3.05) is 26.2 Å². The van der Waals surface area contributed by atoms with E-state index in [1.165, 1.54) is 0 Å². The zero-order chi connectivity index (χ0) is 19.7. The second-order valence-electron chi connectivity index (χ2n) is 7.98. The van der Waals surface area contributed by atoms with E-state index in [2.05, 4.69) is 11.9 Å². The van der Waals surface area contributed by atoms with Crippen molar-refractivity contribution >= 4 is 11.8 Å². The predicted octanol–water partition coefficient (Wildman–Crippen LogP) is 3.53. The Bertz CT molecular complexity index is 896. The van der Waals surface area contributed by atoms with Crippen molar-refractivity contribution in [1.29, 1.82) is 0 Å². The van der Waals surface area contributed by atoms with Crippen LogP contribution < -0.4 is 0 Å². The number of pyridine rings is 1. The lowest BCUT2D eigenvalue weighted by Gasteiger charge is -2.24. The van der Waals surface area contributed by atoms with Gasteiger partial charge in [0.05, 0.1) is 16.7 Å². The average molecular weight is 377 g/mol. The highest BCUT2D eigenvalue weighted by atomic mass is 16.2. The van der Waals surface area contributed by atoms with Crippen molar-refractivity contribution in [1.82, 2.24) is 14.8 Å². The smallest absolute Gasteiger partial charge is 0.256 e. The summed E-state index contributed by atoms with van der Waals surface area (Å²) in [7, 11) is 0. The second-order valence-corrected chi connectivity index (χ2v) is 7.98. The first-order valence-electron chi connectivity index (χ1n) is 10.2. The molecule has 2 saturated heterocycles. The van der Waals surface area contributed by atoms with Gasteiger partial charge in [-0.1, -0.05) is 37.3 Å². The van der Waals surface area contributed by atoms with Gasteiger partial charge in [-0.15, -0.1) is 0 Å². The highest BCUT2D eigenvalue weighted by Crippen LogP contribution is 2.41. The summed E-state index contributed by atoms with van der Waals surface area (Å²) in [4.78, 5) is 34.6. The lowest BCUT2D eigenvalue weighted by Crippen LogP contribution is -2.38. The SMILES string of the molecule is CCCN1CCC2(CCN(C(=O)c3c(-c4ccccc4)ccnc3C)C2)C1=O. The molecule has 2 aromatic rings. The number of carbonyl (C=O) groups is 2. The molecular weight excluding hydrogens is 350 g/mol. The lowest BCUT2D eigenvalue weighted by atomic mass is 9.85. The van der Waals surface area contributed by atoms with Crippen LogP contribution in [0.3, 0.4) is 0 Å². The van der Waals surface area contributed by atoms with Gasteiger partial charge in [-0.3, -0.25) is 14.6 Å². The number of nitrogens with zero attached hydrogens (tertiary/aromatic N) is 3. The molecule has 3 heterocycles. The molecule has 2 amide bonds. The third kappa shape index (κ3) is 3.09. The first-order chi connectivity index (χ1) is 13.6. The van der Waals surface area contributed by atoms with E-state index >= 15 is 0 Å². The van der Waals surface area contributed by atoms with Gasteiger partial charge in [0.15, 0.2) is 0 Å². The molecule has 1 spiro atoms. The Labute approximate surface area is 166 Å². The van der Waals surface area contributed by atoms with Crippen molar-refractivity contribution in [3.05, 3.63) is 53.9 Å². The van der Waals surface area contributed by atoms with Crippen LogP contribution in [0.1, 0.15) is 42.2 Å². The molecule has 1 unspecified atom stereocenters. The Hall–Kier alpha value is -2.69. The maximum Gasteiger partial charge on any atom is 0.256 e. The Morgan fingerprint density at radius 3 is 2.64 bits per heavy atom. The number of hydrogen-bond donors (Lipinski definition) is 0. The van der Waals surface area contributed by atoms with Crippen molar-refractivity contribution < 1.29 is 9.59 Å². The summed E-state index contributed by atoms with van der Waals surface area (Å²) in [6.07, 6.45) is 4.34. The quantitative estimate of drug-likeness (QED) is 0.819. The number of hydrogen-bond acceptors (Lipinski definition) is 3. The minimum Gasteiger partial charge on any atom is -0.342 e. The Kier molecular flexibility index (Phi) is 4.92. The maximum atomic E-state index is 13.5. The number of carbonyl (C=O) groups excluding carboxylic acids is 2. The fourth-order valence-corrected chi connectivity index (χ4v) is 4.65. The monoisotopic (exact) mass is 377 g/mol. The summed E-state index contributed by atoms with van der Waals surface area (Å²) < 4.78 is 0. The van der Waals surface area contributed by atoms with Gasteiger partial charge in [-0.05, 0) is 43.4 Å². The van der Waals surface area contributed by atoms with Gasteiger partial charge >= 0.3 is 0 Å². The minimum absolute atomic E-state index is 0.0110. The molecule has 0 aliphatic carbocycles. The number of aryl methyl sites for hydroxylation is 1. The summed E-state index contributed by atoms with van der Waals surface area (Å²) in [5.74, 6) is 0.221. The van der Waals surface area contributed by atoms with Gasteiger partial charge in [0, 0.05) is 32.4 Å². The molecular formula is C23H27N3O2. The van der Waals surface area contributed by atoms with Crippen LogP contribution in [-0.4, -0.2) is 52.8 Å². The topological polar surface area (TPSA) is 53.5 Å². The molecule has 4 rings (SSSR count). The zero-order valence-electron chi connectivity index (χ0n) is 16.6. The third-order valence-electron chi connectivity index (χ3n) is 6.17. The van der Waals surface area contributed by atoms with E-state index in [1.807, 2.05) is 53.1 Å². The number of benzene rings is 1. The summed E-state index contributed by atoms with van der Waals surface area (Å²) in [5, 5.41) is 0. The third-order valence-corrected chi connectivity index (χ3v) is 6.17. The number of likely N-dealkylation sites (tertiary alicyclic amines) is 2. The van der Waals surface area contributed by atoms with Crippen molar-refractivity contribution in [3.63, 3.8) is 0 Å². The highest BCUT2D eigenvalue weighted by molar-refractivity contribution is 6.02. The predicted molar refractivity (Wildman–Crippen MR) is 109 cm³/mol. The number of rotatable bonds is 4. The fourth-order valence-electron chi connectivity index (χ4n) is 4.65. The van der Waals surface area contributed by atoms with Crippen molar-refractivity contribution in [2.24, 2.45) is 5.41 Å². The standard InChI is InChI=1S/C23H27N3O2/c1-3-13-25-14-10-23(22(25)28)11-15-26(16-23)21(27)20-17(2)24-12-9-19(20)18-7-5-4-6-8-18/h4-9,12H,3,10-11,13-16H2,1-2H3. The van der Waals surface area contributed by atoms with E-state index in [4.69, 9.17) is 0 Å². The average Bonchev–Trinajstić information content (AvgIpc) is 3.28. The number of aromatic nitrogens is 1. The van der Waals surface area contributed by atoms with E-state index in [-0.39, 0.29) is 17.2 Å². The van der Waals surface area contributed by atoms with E-state index < -0.39 is 0 Å². The summed E-state index contributed by atoms with van der Waals surface area (Å²) >= 11 is 0. The van der Waals surface area contributed by atoms with Crippen LogP contribution >= 0.6 is 0 Å². The maximum absolute atomic E-state index is 13.5. The van der Waals surface area contributed by atoms with Gasteiger partial charge < -0.3 is 9.80 Å². The van der Waals surface area contributed by atoms with Crippen LogP contribution in [0.5, 0.6) is 0 Å². The normalized spacial score (nSPS) is 21.7. The minimum atomic E-state index is -0.381. The van der Waals surface area contributed by atoms with Crippen molar-refractivity contribution in [2.45, 2.75) is 33.1 Å². The Morgan fingerprint density at radius 1 is 1.14 bits per heavy atom. The summed E-state index contributed by atoms with van der Waals surface area (Å²) in [5.41, 5.74) is 2.92. The van der Waals surface area contributed by atoms with Crippen LogP contribution in [0.2, 0.25) is 0 Å². The molecule has 1 aromatic heterocycles. The first kappa shape index (κ1) is 18.7. The molecule has 5 nitrogen and oxygen atoms in total. The van der Waals surface area contributed by atoms with Gasteiger partial charge in [-0.25, -0.2) is 0 Å². The first-order valence-corrected chi connectivity index (χ1v) is 10.2. The molecule has 1 atom stereocenters. The van der Waals surface area contributed by atoms with Crippen LogP contribution in [0.4, 0.5) is 0 Å². The lowest BCUT2D eigenvalue weighted by molar-refractivity contribution is -0.135. The summed E-state index contributed by atoms with van der Waals surface area (Å²) in [6.45, 7) is 6.76. The molecule has 2 fully saturated rings. The van der Waals surface area contributed by atoms with E-state index in [0.29, 0.717) is 18.7 Å². The van der Waals surface area contributed by atoms with Crippen LogP contribution in [0.25, 0.3) is 11.1 Å². The molecule has 0 bridgehead atoms. The molecule has 1 aromatic carbocycles. The van der Waals surface area contributed by atoms with E-state index in [9.17, 15) is 9.59 Å². The van der Waals surface area contributed by atoms with Crippen LogP contribution in [0.15, 0.2) is 42.6 Å². The van der Waals surface area contributed by atoms with Gasteiger partial charge in [0.1, 0.15) is 0 Å². The molecule has 0 radical (unpaired) electrons. The molecule has 2 aliphatic heterocycles. The fraction of sp³-hybridized carbons (Fsp3) is 0.435. The molecule has 0 saturated carbocycles. The molecule has 0 N–H and O–H groups in total. The van der Waals surface area contributed by atoms with Crippen LogP contribution in [-0.2, 0) is 4.79 Å². The van der Waals surface area contributed by atoms with Gasteiger partial charge in [-0.2, -0.15) is 0 Å². The van der Waals surface area contributed by atoms with Crippen molar-refractivity contribution in [3.8, 4) is 11.1 Å². The largest absolute Gasteiger partial charge is 0.342 e. The van der Waals surface area contributed by atoms with E-state index in [0.717, 1.165) is 49.2 Å². The van der Waals surface area contributed by atoms with Gasteiger partial charge in [0.25, 0.3) is 5.91 Å². The number of amides is 2.